The lowest BCUT2D eigenvalue weighted by molar-refractivity contribution is -0.136. The zero-order chi connectivity index (χ0) is 15.2. The summed E-state index contributed by atoms with van der Waals surface area (Å²) in [6.07, 6.45) is 1.50. The number of carboxylic acid groups (broad SMARTS) is 1. The van der Waals surface area contributed by atoms with E-state index in [2.05, 4.69) is 0 Å². The van der Waals surface area contributed by atoms with Crippen LogP contribution in [0.5, 0.6) is 11.5 Å². The van der Waals surface area contributed by atoms with Crippen LogP contribution in [-0.2, 0) is 17.6 Å². The van der Waals surface area contributed by atoms with Crippen molar-refractivity contribution in [3.05, 3.63) is 58.6 Å². The standard InChI is InChI=1S/C17H17ClO3/c1-2-12-11-14(9-7-13(12)8-10-17(19)20)21-16-6-4-3-5-15(16)18/h3-7,9,11H,2,8,10H2,1H3,(H,19,20). The Morgan fingerprint density at radius 2 is 1.95 bits per heavy atom. The summed E-state index contributed by atoms with van der Waals surface area (Å²) >= 11 is 6.07. The van der Waals surface area contributed by atoms with Gasteiger partial charge < -0.3 is 9.84 Å². The Morgan fingerprint density at radius 3 is 2.62 bits per heavy atom. The molecule has 0 fully saturated rings. The second kappa shape index (κ2) is 7.14. The number of aryl methyl sites for hydroxylation is 2. The molecule has 2 aromatic rings. The minimum atomic E-state index is -0.784. The molecule has 0 aliphatic carbocycles. The molecule has 0 saturated heterocycles. The van der Waals surface area contributed by atoms with Crippen molar-refractivity contribution in [2.24, 2.45) is 0 Å². The van der Waals surface area contributed by atoms with E-state index >= 15 is 0 Å². The molecule has 3 nitrogen and oxygen atoms in total. The summed E-state index contributed by atoms with van der Waals surface area (Å²) in [6.45, 7) is 2.04. The van der Waals surface area contributed by atoms with Crippen LogP contribution < -0.4 is 4.74 Å². The number of ether oxygens (including phenoxy) is 1. The number of carboxylic acids is 1. The summed E-state index contributed by atoms with van der Waals surface area (Å²) in [5, 5.41) is 9.34. The number of benzene rings is 2. The predicted molar refractivity (Wildman–Crippen MR) is 83.3 cm³/mol. The number of hydrogen-bond donors (Lipinski definition) is 1. The molecule has 0 radical (unpaired) electrons. The maximum atomic E-state index is 10.7. The number of aliphatic carboxylic acids is 1. The highest BCUT2D eigenvalue weighted by Crippen LogP contribution is 2.30. The van der Waals surface area contributed by atoms with Crippen LogP contribution in [0.3, 0.4) is 0 Å². The smallest absolute Gasteiger partial charge is 0.303 e. The fourth-order valence-corrected chi connectivity index (χ4v) is 2.31. The van der Waals surface area contributed by atoms with Crippen molar-refractivity contribution < 1.29 is 14.6 Å². The van der Waals surface area contributed by atoms with Gasteiger partial charge in [-0.2, -0.15) is 0 Å². The maximum Gasteiger partial charge on any atom is 0.303 e. The summed E-state index contributed by atoms with van der Waals surface area (Å²) in [5.41, 5.74) is 2.15. The highest BCUT2D eigenvalue weighted by molar-refractivity contribution is 6.32. The maximum absolute atomic E-state index is 10.7. The van der Waals surface area contributed by atoms with Gasteiger partial charge in [-0.1, -0.05) is 36.7 Å². The second-order valence-electron chi connectivity index (χ2n) is 4.71. The molecule has 0 bridgehead atoms. The van der Waals surface area contributed by atoms with Crippen molar-refractivity contribution in [3.8, 4) is 11.5 Å². The highest BCUT2D eigenvalue weighted by Gasteiger charge is 2.07. The summed E-state index contributed by atoms with van der Waals surface area (Å²) in [7, 11) is 0. The third-order valence-corrected chi connectivity index (χ3v) is 3.54. The average molecular weight is 305 g/mol. The van der Waals surface area contributed by atoms with Gasteiger partial charge in [-0.25, -0.2) is 0 Å². The van der Waals surface area contributed by atoms with Crippen molar-refractivity contribution in [2.45, 2.75) is 26.2 Å². The number of para-hydroxylation sites is 1. The van der Waals surface area contributed by atoms with Crippen LogP contribution in [-0.4, -0.2) is 11.1 Å². The molecule has 2 rings (SSSR count). The van der Waals surface area contributed by atoms with Gasteiger partial charge in [0.1, 0.15) is 11.5 Å². The Kier molecular flexibility index (Phi) is 5.23. The first-order valence-corrected chi connectivity index (χ1v) is 7.24. The molecule has 4 heteroatoms. The Hall–Kier alpha value is -2.00. The van der Waals surface area contributed by atoms with E-state index in [0.29, 0.717) is 22.9 Å². The van der Waals surface area contributed by atoms with Gasteiger partial charge in [-0.15, -0.1) is 0 Å². The van der Waals surface area contributed by atoms with Crippen LogP contribution in [0.25, 0.3) is 0 Å². The van der Waals surface area contributed by atoms with Gasteiger partial charge in [0.05, 0.1) is 5.02 Å². The molecule has 0 saturated carbocycles. The molecule has 0 atom stereocenters. The van der Waals surface area contributed by atoms with E-state index in [4.69, 9.17) is 21.4 Å². The minimum Gasteiger partial charge on any atom is -0.481 e. The van der Waals surface area contributed by atoms with Crippen molar-refractivity contribution in [1.29, 1.82) is 0 Å². The van der Waals surface area contributed by atoms with E-state index in [-0.39, 0.29) is 6.42 Å². The second-order valence-corrected chi connectivity index (χ2v) is 5.12. The van der Waals surface area contributed by atoms with E-state index in [1.807, 2.05) is 43.3 Å². The monoisotopic (exact) mass is 304 g/mol. The third-order valence-electron chi connectivity index (χ3n) is 3.23. The zero-order valence-electron chi connectivity index (χ0n) is 11.8. The van der Waals surface area contributed by atoms with Crippen LogP contribution in [0.1, 0.15) is 24.5 Å². The summed E-state index contributed by atoms with van der Waals surface area (Å²) in [6, 6.07) is 13.0. The normalized spacial score (nSPS) is 10.4. The molecule has 0 aliphatic rings. The molecule has 110 valence electrons. The Morgan fingerprint density at radius 1 is 1.19 bits per heavy atom. The van der Waals surface area contributed by atoms with Crippen LogP contribution in [0.4, 0.5) is 0 Å². The number of halogens is 1. The number of rotatable bonds is 6. The van der Waals surface area contributed by atoms with Gasteiger partial charge in [0.15, 0.2) is 0 Å². The molecule has 0 heterocycles. The highest BCUT2D eigenvalue weighted by atomic mass is 35.5. The van der Waals surface area contributed by atoms with E-state index in [0.717, 1.165) is 17.5 Å². The largest absolute Gasteiger partial charge is 0.481 e. The molecule has 21 heavy (non-hydrogen) atoms. The molecule has 2 aromatic carbocycles. The van der Waals surface area contributed by atoms with E-state index in [1.165, 1.54) is 0 Å². The number of carbonyl (C=O) groups is 1. The Bertz CT molecular complexity index is 638. The van der Waals surface area contributed by atoms with Crippen molar-refractivity contribution in [1.82, 2.24) is 0 Å². The minimum absolute atomic E-state index is 0.137. The van der Waals surface area contributed by atoms with Gasteiger partial charge >= 0.3 is 5.97 Å². The Labute approximate surface area is 129 Å². The molecular weight excluding hydrogens is 288 g/mol. The summed E-state index contributed by atoms with van der Waals surface area (Å²) in [4.78, 5) is 10.7. The lowest BCUT2D eigenvalue weighted by atomic mass is 10.0. The molecule has 0 spiro atoms. The fourth-order valence-electron chi connectivity index (χ4n) is 2.13. The van der Waals surface area contributed by atoms with E-state index in [1.54, 1.807) is 6.07 Å². The first kappa shape index (κ1) is 15.4. The molecule has 0 aromatic heterocycles. The van der Waals surface area contributed by atoms with Crippen LogP contribution in [0, 0.1) is 0 Å². The fraction of sp³-hybridized carbons (Fsp3) is 0.235. The predicted octanol–water partition coefficient (Wildman–Crippen LogP) is 4.71. The quantitative estimate of drug-likeness (QED) is 0.840. The summed E-state index contributed by atoms with van der Waals surface area (Å²) < 4.78 is 5.78. The van der Waals surface area contributed by atoms with Crippen molar-refractivity contribution in [3.63, 3.8) is 0 Å². The molecule has 1 N–H and O–H groups in total. The molecule has 0 amide bonds. The lowest BCUT2D eigenvalue weighted by Crippen LogP contribution is -2.00. The lowest BCUT2D eigenvalue weighted by Gasteiger charge is -2.11. The van der Waals surface area contributed by atoms with Crippen LogP contribution >= 0.6 is 11.6 Å². The first-order valence-electron chi connectivity index (χ1n) is 6.86. The first-order chi connectivity index (χ1) is 10.1. The number of hydrogen-bond acceptors (Lipinski definition) is 2. The van der Waals surface area contributed by atoms with Gasteiger partial charge in [0, 0.05) is 6.42 Å². The van der Waals surface area contributed by atoms with Gasteiger partial charge in [0.2, 0.25) is 0 Å². The topological polar surface area (TPSA) is 46.5 Å². The molecule has 0 aliphatic heterocycles. The SMILES string of the molecule is CCc1cc(Oc2ccccc2Cl)ccc1CCC(=O)O. The van der Waals surface area contributed by atoms with Gasteiger partial charge in [-0.3, -0.25) is 4.79 Å². The van der Waals surface area contributed by atoms with Crippen LogP contribution in [0.2, 0.25) is 5.02 Å². The summed E-state index contributed by atoms with van der Waals surface area (Å²) in [5.74, 6) is 0.534. The van der Waals surface area contributed by atoms with E-state index in [9.17, 15) is 4.79 Å². The van der Waals surface area contributed by atoms with Crippen molar-refractivity contribution >= 4 is 17.6 Å². The zero-order valence-corrected chi connectivity index (χ0v) is 12.6. The van der Waals surface area contributed by atoms with E-state index < -0.39 is 5.97 Å². The van der Waals surface area contributed by atoms with Gasteiger partial charge in [0.25, 0.3) is 0 Å². The van der Waals surface area contributed by atoms with Crippen molar-refractivity contribution in [2.75, 3.05) is 0 Å². The van der Waals surface area contributed by atoms with Gasteiger partial charge in [-0.05, 0) is 48.2 Å². The van der Waals surface area contributed by atoms with Crippen LogP contribution in [0.15, 0.2) is 42.5 Å². The average Bonchev–Trinajstić information content (AvgIpc) is 2.48. The third kappa shape index (κ3) is 4.23. The Balaban J connectivity index is 2.19. The molecular formula is C17H17ClO3. The molecule has 0 unspecified atom stereocenters.